The molecule has 110 valence electrons. The van der Waals surface area contributed by atoms with Gasteiger partial charge in [0.1, 0.15) is 0 Å². The fourth-order valence-corrected chi connectivity index (χ4v) is 3.27. The second-order valence-electron chi connectivity index (χ2n) is 4.92. The lowest BCUT2D eigenvalue weighted by molar-refractivity contribution is 0.0656. The minimum atomic E-state index is 0.0558. The Bertz CT molecular complexity index is 475. The molecule has 3 nitrogen and oxygen atoms in total. The molecule has 0 atom stereocenters. The highest BCUT2D eigenvalue weighted by Gasteiger charge is 2.26. The molecule has 1 aliphatic rings. The van der Waals surface area contributed by atoms with E-state index < -0.39 is 0 Å². The van der Waals surface area contributed by atoms with Gasteiger partial charge in [-0.15, -0.1) is 11.8 Å². The third-order valence-corrected chi connectivity index (χ3v) is 4.81. The summed E-state index contributed by atoms with van der Waals surface area (Å²) < 4.78 is 0. The van der Waals surface area contributed by atoms with Crippen molar-refractivity contribution in [2.24, 2.45) is 0 Å². The van der Waals surface area contributed by atoms with Crippen molar-refractivity contribution in [3.63, 3.8) is 0 Å². The van der Waals surface area contributed by atoms with E-state index in [2.05, 4.69) is 5.32 Å². The first kappa shape index (κ1) is 15.7. The van der Waals surface area contributed by atoms with Crippen LogP contribution in [0, 0.1) is 0 Å². The van der Waals surface area contributed by atoms with Crippen LogP contribution in [0.2, 0.25) is 5.02 Å². The first-order valence-electron chi connectivity index (χ1n) is 7.02. The van der Waals surface area contributed by atoms with Gasteiger partial charge in [-0.05, 0) is 57.3 Å². The van der Waals surface area contributed by atoms with Gasteiger partial charge >= 0.3 is 0 Å². The van der Waals surface area contributed by atoms with Gasteiger partial charge in [-0.1, -0.05) is 11.6 Å². The Kier molecular flexibility index (Phi) is 5.75. The number of nitrogens with one attached hydrogen (secondary N) is 1. The highest BCUT2D eigenvalue weighted by atomic mass is 35.5. The number of halogens is 1. The standard InChI is InChI=1S/C15H21ClN2OS/c1-3-18(11-6-8-17-9-7-11)15(19)13-10-12(20-2)4-5-14(13)16/h4-5,10-11,17H,3,6-9H2,1-2H3. The van der Waals surface area contributed by atoms with Crippen LogP contribution in [0.4, 0.5) is 0 Å². The average molecular weight is 313 g/mol. The molecule has 20 heavy (non-hydrogen) atoms. The first-order valence-corrected chi connectivity index (χ1v) is 8.62. The van der Waals surface area contributed by atoms with Gasteiger partial charge < -0.3 is 10.2 Å². The predicted octanol–water partition coefficient (Wildman–Crippen LogP) is 3.28. The largest absolute Gasteiger partial charge is 0.336 e. The number of carbonyl (C=O) groups excluding carboxylic acids is 1. The zero-order valence-corrected chi connectivity index (χ0v) is 13.6. The van der Waals surface area contributed by atoms with E-state index >= 15 is 0 Å². The van der Waals surface area contributed by atoms with E-state index in [9.17, 15) is 4.79 Å². The van der Waals surface area contributed by atoms with E-state index in [1.165, 1.54) is 0 Å². The highest BCUT2D eigenvalue weighted by Crippen LogP contribution is 2.25. The van der Waals surface area contributed by atoms with Crippen LogP contribution in [0.15, 0.2) is 23.1 Å². The molecule has 1 saturated heterocycles. The van der Waals surface area contributed by atoms with E-state index in [4.69, 9.17) is 11.6 Å². The average Bonchev–Trinajstić information content (AvgIpc) is 2.49. The number of carbonyl (C=O) groups is 1. The van der Waals surface area contributed by atoms with Crippen LogP contribution >= 0.6 is 23.4 Å². The smallest absolute Gasteiger partial charge is 0.255 e. The summed E-state index contributed by atoms with van der Waals surface area (Å²) in [6, 6.07) is 5.99. The number of amides is 1. The van der Waals surface area contributed by atoms with Gasteiger partial charge in [0, 0.05) is 17.5 Å². The van der Waals surface area contributed by atoms with Crippen LogP contribution in [0.5, 0.6) is 0 Å². The number of rotatable bonds is 4. The van der Waals surface area contributed by atoms with E-state index in [1.54, 1.807) is 11.8 Å². The quantitative estimate of drug-likeness (QED) is 0.866. The zero-order valence-electron chi connectivity index (χ0n) is 12.0. The van der Waals surface area contributed by atoms with Crippen LogP contribution in [-0.2, 0) is 0 Å². The maximum absolute atomic E-state index is 12.8. The molecule has 1 aliphatic heterocycles. The molecule has 1 heterocycles. The molecule has 2 rings (SSSR count). The molecule has 0 saturated carbocycles. The molecule has 1 fully saturated rings. The maximum atomic E-state index is 12.8. The molecular weight excluding hydrogens is 292 g/mol. The lowest BCUT2D eigenvalue weighted by Gasteiger charge is -2.34. The van der Waals surface area contributed by atoms with Gasteiger partial charge in [-0.2, -0.15) is 0 Å². The zero-order chi connectivity index (χ0) is 14.5. The molecule has 0 unspecified atom stereocenters. The molecular formula is C15H21ClN2OS. The second kappa shape index (κ2) is 7.34. The Morgan fingerprint density at radius 1 is 1.45 bits per heavy atom. The second-order valence-corrected chi connectivity index (χ2v) is 6.20. The topological polar surface area (TPSA) is 32.3 Å². The molecule has 1 amide bonds. The summed E-state index contributed by atoms with van der Waals surface area (Å²) >= 11 is 7.84. The SMILES string of the molecule is CCN(C(=O)c1cc(SC)ccc1Cl)C1CCNCC1. The van der Waals surface area contributed by atoms with Crippen molar-refractivity contribution in [3.8, 4) is 0 Å². The third kappa shape index (κ3) is 3.48. The Hall–Kier alpha value is -0.710. The van der Waals surface area contributed by atoms with Crippen molar-refractivity contribution in [1.82, 2.24) is 10.2 Å². The predicted molar refractivity (Wildman–Crippen MR) is 85.8 cm³/mol. The summed E-state index contributed by atoms with van der Waals surface area (Å²) in [6.07, 6.45) is 4.03. The molecule has 1 aromatic carbocycles. The summed E-state index contributed by atoms with van der Waals surface area (Å²) in [5, 5.41) is 3.88. The number of thioether (sulfide) groups is 1. The van der Waals surface area contributed by atoms with Crippen molar-refractivity contribution in [2.45, 2.75) is 30.7 Å². The van der Waals surface area contributed by atoms with Gasteiger partial charge in [0.15, 0.2) is 0 Å². The van der Waals surface area contributed by atoms with Gasteiger partial charge in [0.2, 0.25) is 0 Å². The summed E-state index contributed by atoms with van der Waals surface area (Å²) in [6.45, 7) is 4.72. The maximum Gasteiger partial charge on any atom is 0.255 e. The van der Waals surface area contributed by atoms with E-state index in [-0.39, 0.29) is 5.91 Å². The Labute approximate surface area is 130 Å². The normalized spacial score (nSPS) is 16.1. The molecule has 0 aromatic heterocycles. The Morgan fingerprint density at radius 2 is 2.15 bits per heavy atom. The Balaban J connectivity index is 2.23. The molecule has 1 N–H and O–H groups in total. The van der Waals surface area contributed by atoms with Gasteiger partial charge in [0.25, 0.3) is 5.91 Å². The monoisotopic (exact) mass is 312 g/mol. The molecule has 0 spiro atoms. The Morgan fingerprint density at radius 3 is 2.75 bits per heavy atom. The molecule has 0 bridgehead atoms. The highest BCUT2D eigenvalue weighted by molar-refractivity contribution is 7.98. The molecule has 0 aliphatic carbocycles. The summed E-state index contributed by atoms with van der Waals surface area (Å²) in [5.74, 6) is 0.0558. The van der Waals surface area contributed by atoms with Crippen molar-refractivity contribution in [2.75, 3.05) is 25.9 Å². The minimum absolute atomic E-state index is 0.0558. The number of benzene rings is 1. The van der Waals surface area contributed by atoms with Gasteiger partial charge in [-0.3, -0.25) is 4.79 Å². The third-order valence-electron chi connectivity index (χ3n) is 3.75. The lowest BCUT2D eigenvalue weighted by atomic mass is 10.0. The van der Waals surface area contributed by atoms with E-state index in [1.807, 2.05) is 36.3 Å². The summed E-state index contributed by atoms with van der Waals surface area (Å²) in [4.78, 5) is 15.8. The van der Waals surface area contributed by atoms with Crippen molar-refractivity contribution in [1.29, 1.82) is 0 Å². The van der Waals surface area contributed by atoms with Crippen LogP contribution in [-0.4, -0.2) is 42.7 Å². The fourth-order valence-electron chi connectivity index (χ4n) is 2.64. The first-order chi connectivity index (χ1) is 9.67. The molecule has 5 heteroatoms. The van der Waals surface area contributed by atoms with Crippen molar-refractivity contribution in [3.05, 3.63) is 28.8 Å². The van der Waals surface area contributed by atoms with E-state index in [0.717, 1.165) is 37.4 Å². The van der Waals surface area contributed by atoms with Crippen LogP contribution in [0.25, 0.3) is 0 Å². The summed E-state index contributed by atoms with van der Waals surface area (Å²) in [7, 11) is 0. The number of piperidine rings is 1. The number of hydrogen-bond donors (Lipinski definition) is 1. The number of nitrogens with zero attached hydrogens (tertiary/aromatic N) is 1. The van der Waals surface area contributed by atoms with Gasteiger partial charge in [0.05, 0.1) is 10.6 Å². The summed E-state index contributed by atoms with van der Waals surface area (Å²) in [5.41, 5.74) is 0.624. The molecule has 1 aromatic rings. The fraction of sp³-hybridized carbons (Fsp3) is 0.533. The van der Waals surface area contributed by atoms with E-state index in [0.29, 0.717) is 16.6 Å². The minimum Gasteiger partial charge on any atom is -0.336 e. The van der Waals surface area contributed by atoms with Crippen LogP contribution < -0.4 is 5.32 Å². The number of hydrogen-bond acceptors (Lipinski definition) is 3. The lowest BCUT2D eigenvalue weighted by Crippen LogP contribution is -2.46. The van der Waals surface area contributed by atoms with Gasteiger partial charge in [-0.25, -0.2) is 0 Å². The van der Waals surface area contributed by atoms with Crippen LogP contribution in [0.3, 0.4) is 0 Å². The van der Waals surface area contributed by atoms with Crippen molar-refractivity contribution >= 4 is 29.3 Å². The van der Waals surface area contributed by atoms with Crippen molar-refractivity contribution < 1.29 is 4.79 Å². The molecule has 0 radical (unpaired) electrons. The van der Waals surface area contributed by atoms with Crippen LogP contribution in [0.1, 0.15) is 30.1 Å².